The van der Waals surface area contributed by atoms with Crippen LogP contribution in [0.2, 0.25) is 0 Å². The Balaban J connectivity index is 1.29. The van der Waals surface area contributed by atoms with Crippen molar-refractivity contribution in [3.05, 3.63) is 17.7 Å². The molecule has 0 radical (unpaired) electrons. The van der Waals surface area contributed by atoms with Gasteiger partial charge in [0.15, 0.2) is 0 Å². The Kier molecular flexibility index (Phi) is 7.90. The van der Waals surface area contributed by atoms with Crippen LogP contribution in [0, 0.1) is 5.41 Å². The highest BCUT2D eigenvalue weighted by Crippen LogP contribution is 2.50. The lowest BCUT2D eigenvalue weighted by Crippen LogP contribution is -2.42. The van der Waals surface area contributed by atoms with Gasteiger partial charge < -0.3 is 15.0 Å². The van der Waals surface area contributed by atoms with Crippen molar-refractivity contribution in [2.45, 2.75) is 119 Å². The average molecular weight is 500 g/mol. The summed E-state index contributed by atoms with van der Waals surface area (Å²) in [4.78, 5) is 33.3. The largest absolute Gasteiger partial charge is 0.460 e. The van der Waals surface area contributed by atoms with Crippen LogP contribution in [0.25, 0.3) is 0 Å². The summed E-state index contributed by atoms with van der Waals surface area (Å²) in [5.41, 5.74) is 0.508. The summed E-state index contributed by atoms with van der Waals surface area (Å²) in [5, 5.41) is 4.70. The van der Waals surface area contributed by atoms with Crippen LogP contribution in [0.4, 0.5) is 5.82 Å². The van der Waals surface area contributed by atoms with Crippen molar-refractivity contribution in [3.8, 4) is 0 Å². The van der Waals surface area contributed by atoms with Gasteiger partial charge in [0.05, 0.1) is 17.5 Å². The standard InChI is InChI=1S/C28H41N3O3S/c1-2-28(16-17-28)27(33)34-21-11-8-18-31(19-21)24-15-14-23(25(32)29-20-9-4-3-5-10-20)26(30-24)35-22-12-6-7-13-22/h14-15,20-22H,2-13,16-19H2,1H3,(H,29,32). The molecule has 192 valence electrons. The molecule has 1 unspecified atom stereocenters. The van der Waals surface area contributed by atoms with E-state index in [9.17, 15) is 9.59 Å². The molecule has 1 aliphatic heterocycles. The third kappa shape index (κ3) is 5.98. The Morgan fingerprint density at radius 2 is 1.80 bits per heavy atom. The van der Waals surface area contributed by atoms with Crippen molar-refractivity contribution in [1.82, 2.24) is 10.3 Å². The first-order valence-corrected chi connectivity index (χ1v) is 14.9. The van der Waals surface area contributed by atoms with Gasteiger partial charge in [-0.2, -0.15) is 0 Å². The molecular weight excluding hydrogens is 458 g/mol. The molecule has 1 atom stereocenters. The summed E-state index contributed by atoms with van der Waals surface area (Å²) < 4.78 is 5.97. The molecule has 0 spiro atoms. The fraction of sp³-hybridized carbons (Fsp3) is 0.750. The second kappa shape index (κ2) is 11.1. The number of nitrogens with zero attached hydrogens (tertiary/aromatic N) is 2. The molecule has 4 aliphatic rings. The number of hydrogen-bond donors (Lipinski definition) is 1. The summed E-state index contributed by atoms with van der Waals surface area (Å²) in [6.45, 7) is 3.67. The van der Waals surface area contributed by atoms with Crippen LogP contribution in [0.5, 0.6) is 0 Å². The molecule has 7 heteroatoms. The molecule has 0 bridgehead atoms. The number of rotatable bonds is 8. The third-order valence-corrected chi connectivity index (χ3v) is 9.89. The first-order valence-electron chi connectivity index (χ1n) is 14.0. The normalized spacial score (nSPS) is 24.8. The SMILES string of the molecule is CCC1(C(=O)OC2CCCN(c3ccc(C(=O)NC4CCCCC4)c(SC4CCCC4)n3)C2)CC1. The van der Waals surface area contributed by atoms with E-state index in [2.05, 4.69) is 17.1 Å². The highest BCUT2D eigenvalue weighted by Gasteiger charge is 2.50. The molecule has 1 aromatic heterocycles. The second-order valence-electron chi connectivity index (χ2n) is 11.1. The number of amides is 1. The maximum absolute atomic E-state index is 13.3. The maximum Gasteiger partial charge on any atom is 0.312 e. The molecule has 2 heterocycles. The molecule has 3 saturated carbocycles. The molecular formula is C28H41N3O3S. The van der Waals surface area contributed by atoms with Crippen LogP contribution in [-0.4, -0.2) is 47.3 Å². The van der Waals surface area contributed by atoms with E-state index in [1.165, 1.54) is 44.9 Å². The molecule has 35 heavy (non-hydrogen) atoms. The lowest BCUT2D eigenvalue weighted by Gasteiger charge is -2.34. The number of piperidine rings is 1. The number of aromatic nitrogens is 1. The zero-order valence-corrected chi connectivity index (χ0v) is 22.0. The molecule has 1 N–H and O–H groups in total. The fourth-order valence-corrected chi connectivity index (χ4v) is 7.23. The summed E-state index contributed by atoms with van der Waals surface area (Å²) in [6.07, 6.45) is 15.4. The highest BCUT2D eigenvalue weighted by atomic mass is 32.2. The zero-order valence-electron chi connectivity index (χ0n) is 21.2. The van der Waals surface area contributed by atoms with E-state index in [1.807, 2.05) is 12.1 Å². The lowest BCUT2D eigenvalue weighted by molar-refractivity contribution is -0.156. The quantitative estimate of drug-likeness (QED) is 0.450. The lowest BCUT2D eigenvalue weighted by atomic mass is 9.95. The Hall–Kier alpha value is -1.76. The molecule has 5 rings (SSSR count). The fourth-order valence-electron chi connectivity index (χ4n) is 5.92. The Bertz CT molecular complexity index is 907. The first kappa shape index (κ1) is 24.9. The summed E-state index contributed by atoms with van der Waals surface area (Å²) in [7, 11) is 0. The van der Waals surface area contributed by atoms with Gasteiger partial charge in [0.2, 0.25) is 0 Å². The zero-order chi connectivity index (χ0) is 24.3. The van der Waals surface area contributed by atoms with Gasteiger partial charge in [-0.3, -0.25) is 9.59 Å². The van der Waals surface area contributed by atoms with Gasteiger partial charge in [-0.1, -0.05) is 39.0 Å². The van der Waals surface area contributed by atoms with Crippen LogP contribution in [0.1, 0.15) is 107 Å². The van der Waals surface area contributed by atoms with Crippen molar-refractivity contribution in [3.63, 3.8) is 0 Å². The smallest absolute Gasteiger partial charge is 0.312 e. The molecule has 1 amide bonds. The Labute approximate surface area is 214 Å². The minimum atomic E-state index is -0.209. The van der Waals surface area contributed by atoms with Gasteiger partial charge in [-0.25, -0.2) is 4.98 Å². The van der Waals surface area contributed by atoms with Crippen molar-refractivity contribution in [2.75, 3.05) is 18.0 Å². The molecule has 6 nitrogen and oxygen atoms in total. The number of anilines is 1. The van der Waals surface area contributed by atoms with E-state index in [4.69, 9.17) is 9.72 Å². The van der Waals surface area contributed by atoms with Crippen LogP contribution < -0.4 is 10.2 Å². The van der Waals surface area contributed by atoms with Gasteiger partial charge in [0, 0.05) is 17.8 Å². The van der Waals surface area contributed by atoms with Crippen LogP contribution >= 0.6 is 11.8 Å². The number of hydrogen-bond acceptors (Lipinski definition) is 6. The highest BCUT2D eigenvalue weighted by molar-refractivity contribution is 7.99. The van der Waals surface area contributed by atoms with Crippen molar-refractivity contribution in [2.24, 2.45) is 5.41 Å². The van der Waals surface area contributed by atoms with E-state index >= 15 is 0 Å². The van der Waals surface area contributed by atoms with E-state index in [1.54, 1.807) is 11.8 Å². The molecule has 4 fully saturated rings. The number of nitrogens with one attached hydrogen (secondary N) is 1. The number of carbonyl (C=O) groups is 2. The maximum atomic E-state index is 13.3. The van der Waals surface area contributed by atoms with E-state index in [0.29, 0.717) is 11.8 Å². The van der Waals surface area contributed by atoms with Gasteiger partial charge in [-0.15, -0.1) is 11.8 Å². The van der Waals surface area contributed by atoms with Crippen LogP contribution in [-0.2, 0) is 9.53 Å². The monoisotopic (exact) mass is 499 g/mol. The number of thioether (sulfide) groups is 1. The van der Waals surface area contributed by atoms with Crippen molar-refractivity contribution < 1.29 is 14.3 Å². The number of ether oxygens (including phenoxy) is 1. The topological polar surface area (TPSA) is 71.5 Å². The second-order valence-corrected chi connectivity index (χ2v) is 12.4. The van der Waals surface area contributed by atoms with Gasteiger partial charge in [0.25, 0.3) is 5.91 Å². The van der Waals surface area contributed by atoms with Crippen molar-refractivity contribution >= 4 is 29.5 Å². The van der Waals surface area contributed by atoms with Gasteiger partial charge in [-0.05, 0) is 69.9 Å². The predicted octanol–water partition coefficient (Wildman–Crippen LogP) is 5.88. The van der Waals surface area contributed by atoms with E-state index < -0.39 is 0 Å². The van der Waals surface area contributed by atoms with Crippen LogP contribution in [0.15, 0.2) is 17.2 Å². The number of pyridine rings is 1. The summed E-state index contributed by atoms with van der Waals surface area (Å²) >= 11 is 1.79. The Morgan fingerprint density at radius 3 is 2.51 bits per heavy atom. The van der Waals surface area contributed by atoms with E-state index in [-0.39, 0.29) is 29.4 Å². The van der Waals surface area contributed by atoms with E-state index in [0.717, 1.165) is 67.9 Å². The Morgan fingerprint density at radius 1 is 1.06 bits per heavy atom. The molecule has 3 aliphatic carbocycles. The molecule has 1 saturated heterocycles. The average Bonchev–Trinajstić information content (AvgIpc) is 3.53. The number of carbonyl (C=O) groups excluding carboxylic acids is 2. The first-order chi connectivity index (χ1) is 17.1. The summed E-state index contributed by atoms with van der Waals surface area (Å²) in [6, 6.07) is 4.26. The number of esters is 1. The van der Waals surface area contributed by atoms with Crippen molar-refractivity contribution in [1.29, 1.82) is 0 Å². The van der Waals surface area contributed by atoms with Crippen LogP contribution in [0.3, 0.4) is 0 Å². The predicted molar refractivity (Wildman–Crippen MR) is 140 cm³/mol. The molecule has 0 aromatic carbocycles. The van der Waals surface area contributed by atoms with Gasteiger partial charge in [0.1, 0.15) is 16.9 Å². The third-order valence-electron chi connectivity index (χ3n) is 8.55. The molecule has 1 aromatic rings. The van der Waals surface area contributed by atoms with Gasteiger partial charge >= 0.3 is 5.97 Å². The summed E-state index contributed by atoms with van der Waals surface area (Å²) in [5.74, 6) is 0.917. The minimum absolute atomic E-state index is 0.00739. The minimum Gasteiger partial charge on any atom is -0.460 e.